The summed E-state index contributed by atoms with van der Waals surface area (Å²) >= 11 is 19.4. The Balaban J connectivity index is 1.58. The number of methoxy groups -OCH3 is 2. The minimum absolute atomic E-state index is 0.0853. The third-order valence-corrected chi connectivity index (χ3v) is 7.58. The van der Waals surface area contributed by atoms with E-state index >= 15 is 0 Å². The molecule has 0 atom stereocenters. The van der Waals surface area contributed by atoms with Gasteiger partial charge in [-0.15, -0.1) is 0 Å². The largest absolute Gasteiger partial charge is 0.354 e. The number of urea groups is 1. The highest BCUT2D eigenvalue weighted by Crippen LogP contribution is 2.33. The molecule has 7 nitrogen and oxygen atoms in total. The van der Waals surface area contributed by atoms with Gasteiger partial charge in [0, 0.05) is 46.8 Å². The van der Waals surface area contributed by atoms with E-state index < -0.39 is 12.3 Å². The molecule has 222 valence electrons. The summed E-state index contributed by atoms with van der Waals surface area (Å²) in [5.74, 6) is -0.0853. The number of carbonyl (C=O) groups excluding carboxylic acids is 2. The molecule has 0 aliphatic rings. The monoisotopic (exact) mass is 637 g/mol. The number of anilines is 1. The van der Waals surface area contributed by atoms with Crippen molar-refractivity contribution in [2.45, 2.75) is 19.6 Å². The van der Waals surface area contributed by atoms with Crippen molar-refractivity contribution >= 4 is 58.5 Å². The summed E-state index contributed by atoms with van der Waals surface area (Å²) in [6.45, 7) is 1.98. The van der Waals surface area contributed by atoms with Crippen LogP contribution in [0.5, 0.6) is 0 Å². The van der Waals surface area contributed by atoms with Gasteiger partial charge >= 0.3 is 6.03 Å². The van der Waals surface area contributed by atoms with E-state index in [1.54, 1.807) is 48.7 Å². The van der Waals surface area contributed by atoms with Crippen LogP contribution in [0.1, 0.15) is 38.2 Å². The number of benzene rings is 4. The minimum atomic E-state index is -0.630. The van der Waals surface area contributed by atoms with Crippen LogP contribution in [0.4, 0.5) is 10.5 Å². The van der Waals surface area contributed by atoms with Gasteiger partial charge in [-0.05, 0) is 65.6 Å². The van der Waals surface area contributed by atoms with Crippen LogP contribution in [0.2, 0.25) is 15.1 Å². The van der Waals surface area contributed by atoms with Gasteiger partial charge in [-0.2, -0.15) is 10.1 Å². The van der Waals surface area contributed by atoms with Crippen molar-refractivity contribution in [1.82, 2.24) is 5.32 Å². The minimum Gasteiger partial charge on any atom is -0.354 e. The number of rotatable bonds is 11. The highest BCUT2D eigenvalue weighted by Gasteiger charge is 2.20. The molecule has 0 saturated heterocycles. The van der Waals surface area contributed by atoms with Crippen LogP contribution in [0.25, 0.3) is 0 Å². The summed E-state index contributed by atoms with van der Waals surface area (Å²) < 4.78 is 10.3. The van der Waals surface area contributed by atoms with Crippen LogP contribution in [0.15, 0.2) is 90.0 Å². The Kier molecular flexibility index (Phi) is 11.3. The smallest absolute Gasteiger partial charge is 0.342 e. The Morgan fingerprint density at radius 2 is 1.56 bits per heavy atom. The first-order valence-electron chi connectivity index (χ1n) is 13.3. The molecule has 0 aliphatic heterocycles. The number of aryl methyl sites for hydroxylation is 1. The molecule has 4 aromatic rings. The first-order chi connectivity index (χ1) is 20.7. The molecule has 0 spiro atoms. The van der Waals surface area contributed by atoms with Crippen molar-refractivity contribution < 1.29 is 19.1 Å². The van der Waals surface area contributed by atoms with Crippen LogP contribution >= 0.6 is 34.8 Å². The molecule has 0 unspecified atom stereocenters. The van der Waals surface area contributed by atoms with Crippen LogP contribution in [-0.4, -0.2) is 45.1 Å². The highest BCUT2D eigenvalue weighted by atomic mass is 35.5. The fourth-order valence-electron chi connectivity index (χ4n) is 4.34. The van der Waals surface area contributed by atoms with E-state index in [1.807, 2.05) is 49.4 Å². The summed E-state index contributed by atoms with van der Waals surface area (Å²) in [4.78, 5) is 26.2. The van der Waals surface area contributed by atoms with Crippen molar-refractivity contribution in [2.24, 2.45) is 5.10 Å². The number of hydrogen-bond donors (Lipinski definition) is 1. The van der Waals surface area contributed by atoms with Gasteiger partial charge in [0.1, 0.15) is 0 Å². The van der Waals surface area contributed by atoms with Gasteiger partial charge in [-0.3, -0.25) is 4.79 Å². The predicted octanol–water partition coefficient (Wildman–Crippen LogP) is 7.95. The molecular formula is C33H30Cl3N3O4. The fraction of sp³-hybridized carbons (Fsp3) is 0.182. The van der Waals surface area contributed by atoms with Crippen molar-refractivity contribution in [1.29, 1.82) is 0 Å². The van der Waals surface area contributed by atoms with Crippen LogP contribution in [0.3, 0.4) is 0 Å². The van der Waals surface area contributed by atoms with E-state index in [9.17, 15) is 9.59 Å². The van der Waals surface area contributed by atoms with E-state index in [2.05, 4.69) is 10.4 Å². The molecule has 0 aromatic heterocycles. The second-order valence-corrected chi connectivity index (χ2v) is 10.9. The summed E-state index contributed by atoms with van der Waals surface area (Å²) in [5, 5.41) is 9.64. The molecular weight excluding hydrogens is 609 g/mol. The first kappa shape index (κ1) is 32.2. The van der Waals surface area contributed by atoms with Gasteiger partial charge in [0.2, 0.25) is 0 Å². The number of ketones is 1. The molecule has 4 aromatic carbocycles. The molecule has 0 radical (unpaired) electrons. The molecule has 4 rings (SSSR count). The molecule has 0 heterocycles. The summed E-state index contributed by atoms with van der Waals surface area (Å²) in [6.07, 6.45) is 1.35. The van der Waals surface area contributed by atoms with Crippen molar-refractivity contribution in [3.63, 3.8) is 0 Å². The van der Waals surface area contributed by atoms with E-state index in [4.69, 9.17) is 44.3 Å². The van der Waals surface area contributed by atoms with Crippen LogP contribution in [0, 0.1) is 6.92 Å². The van der Waals surface area contributed by atoms with Crippen LogP contribution in [-0.2, 0) is 15.9 Å². The lowest BCUT2D eigenvalue weighted by molar-refractivity contribution is -0.0970. The van der Waals surface area contributed by atoms with Crippen molar-refractivity contribution in [3.05, 3.63) is 133 Å². The molecule has 2 amide bonds. The molecule has 10 heteroatoms. The number of halogens is 3. The van der Waals surface area contributed by atoms with Gasteiger partial charge in [-0.25, -0.2) is 4.79 Å². The maximum absolute atomic E-state index is 13.2. The second-order valence-electron chi connectivity index (χ2n) is 9.60. The van der Waals surface area contributed by atoms with Crippen molar-refractivity contribution in [3.8, 4) is 0 Å². The Bertz CT molecular complexity index is 1580. The second kappa shape index (κ2) is 15.1. The first-order valence-corrected chi connectivity index (χ1v) is 14.4. The molecule has 0 saturated carbocycles. The lowest BCUT2D eigenvalue weighted by Crippen LogP contribution is -2.41. The third-order valence-electron chi connectivity index (χ3n) is 6.65. The Labute approximate surface area is 266 Å². The maximum atomic E-state index is 13.2. The topological polar surface area (TPSA) is 80.2 Å². The number of hydrazone groups is 1. The van der Waals surface area contributed by atoms with Gasteiger partial charge in [0.05, 0.1) is 18.4 Å². The van der Waals surface area contributed by atoms with Gasteiger partial charge < -0.3 is 14.8 Å². The summed E-state index contributed by atoms with van der Waals surface area (Å²) in [7, 11) is 2.97. The van der Waals surface area contributed by atoms with E-state index in [0.29, 0.717) is 43.9 Å². The van der Waals surface area contributed by atoms with Gasteiger partial charge in [0.15, 0.2) is 12.1 Å². The molecule has 0 fully saturated rings. The number of nitrogens with one attached hydrogen (secondary N) is 1. The zero-order valence-corrected chi connectivity index (χ0v) is 26.1. The zero-order valence-electron chi connectivity index (χ0n) is 23.8. The van der Waals surface area contributed by atoms with Crippen LogP contribution < -0.4 is 10.3 Å². The summed E-state index contributed by atoms with van der Waals surface area (Å²) in [5.41, 5.74) is 4.75. The lowest BCUT2D eigenvalue weighted by Gasteiger charge is -2.21. The number of amides is 2. The Morgan fingerprint density at radius 3 is 2.16 bits per heavy atom. The number of carbonyl (C=O) groups is 2. The molecule has 0 bridgehead atoms. The predicted molar refractivity (Wildman–Crippen MR) is 173 cm³/mol. The Morgan fingerprint density at radius 1 is 0.907 bits per heavy atom. The third kappa shape index (κ3) is 8.44. The SMILES string of the molecule is COC(CNC(=O)N(/N=C/c1ccccc1)c1cc(Cl)c(Cc2ccc(C(=O)c3ccc(Cl)cc3)c(C)c2)c(Cl)c1)OC. The summed E-state index contributed by atoms with van der Waals surface area (Å²) in [6, 6.07) is 24.5. The van der Waals surface area contributed by atoms with Crippen molar-refractivity contribution in [2.75, 3.05) is 25.8 Å². The number of hydrogen-bond acceptors (Lipinski definition) is 5. The van der Waals surface area contributed by atoms with E-state index in [0.717, 1.165) is 16.7 Å². The van der Waals surface area contributed by atoms with Gasteiger partial charge in [-0.1, -0.05) is 83.3 Å². The standard InChI is InChI=1S/C33H30Cl3N3O4/c1-21-15-23(9-14-27(21)32(40)24-10-12-25(34)13-11-24)16-28-29(35)17-26(18-30(28)36)39(33(41)37-20-31(42-2)43-3)38-19-22-7-5-4-6-8-22/h4-15,17-19,31H,16,20H2,1-3H3,(H,37,41)/b38-19+. The Hall–Kier alpha value is -3.72. The number of nitrogens with zero attached hydrogens (tertiary/aromatic N) is 2. The lowest BCUT2D eigenvalue weighted by atomic mass is 9.95. The maximum Gasteiger partial charge on any atom is 0.342 e. The molecule has 0 aliphatic carbocycles. The quantitative estimate of drug-likeness (QED) is 0.0783. The molecule has 43 heavy (non-hydrogen) atoms. The fourth-order valence-corrected chi connectivity index (χ4v) is 5.08. The van der Waals surface area contributed by atoms with E-state index in [-0.39, 0.29) is 12.3 Å². The van der Waals surface area contributed by atoms with E-state index in [1.165, 1.54) is 19.2 Å². The average molecular weight is 639 g/mol. The zero-order chi connectivity index (χ0) is 30.9. The number of ether oxygens (including phenoxy) is 2. The average Bonchev–Trinajstić information content (AvgIpc) is 3.00. The normalized spacial score (nSPS) is 11.2. The van der Waals surface area contributed by atoms with Gasteiger partial charge in [0.25, 0.3) is 0 Å². The highest BCUT2D eigenvalue weighted by molar-refractivity contribution is 6.36. The molecule has 1 N–H and O–H groups in total.